The topological polar surface area (TPSA) is 128 Å². The molecule has 0 saturated heterocycles. The lowest BCUT2D eigenvalue weighted by atomic mass is 10.1. The highest BCUT2D eigenvalue weighted by atomic mass is 32.2. The van der Waals surface area contributed by atoms with Crippen molar-refractivity contribution in [3.05, 3.63) is 88.3 Å². The van der Waals surface area contributed by atoms with Crippen molar-refractivity contribution in [1.82, 2.24) is 5.32 Å². The number of nitrogens with two attached hydrogens (primary N) is 1. The first kappa shape index (κ1) is 23.9. The zero-order chi connectivity index (χ0) is 22.6. The van der Waals surface area contributed by atoms with Crippen LogP contribution in [0.15, 0.2) is 76.6 Å². The van der Waals surface area contributed by atoms with Gasteiger partial charge in [-0.2, -0.15) is 5.26 Å². The van der Waals surface area contributed by atoms with Gasteiger partial charge in [-0.25, -0.2) is 0 Å². The van der Waals surface area contributed by atoms with Gasteiger partial charge in [0.25, 0.3) is 0 Å². The molecule has 8 heteroatoms. The number of nitrogens with one attached hydrogen (secondary N) is 2. The Kier molecular flexibility index (Phi) is 9.52. The summed E-state index contributed by atoms with van der Waals surface area (Å²) in [6, 6.07) is 16.5. The molecule has 0 heterocycles. The van der Waals surface area contributed by atoms with Crippen molar-refractivity contribution >= 4 is 24.2 Å². The van der Waals surface area contributed by atoms with E-state index in [0.717, 1.165) is 11.1 Å². The van der Waals surface area contributed by atoms with E-state index in [9.17, 15) is 10.4 Å². The van der Waals surface area contributed by atoms with Crippen LogP contribution in [-0.4, -0.2) is 37.2 Å². The number of nitriles is 1. The van der Waals surface area contributed by atoms with Gasteiger partial charge in [0, 0.05) is 42.1 Å². The smallest absolute Gasteiger partial charge is 0.195 e. The second-order valence-corrected chi connectivity index (χ2v) is 7.38. The maximum atomic E-state index is 10.1. The molecular weight excluding hydrogens is 410 g/mol. The fourth-order valence-electron chi connectivity index (χ4n) is 2.53. The Morgan fingerprint density at radius 2 is 2.13 bits per heavy atom. The molecule has 0 saturated carbocycles. The van der Waals surface area contributed by atoms with Crippen LogP contribution < -0.4 is 15.8 Å². The average Bonchev–Trinajstić information content (AvgIpc) is 2.81. The van der Waals surface area contributed by atoms with Crippen molar-refractivity contribution in [3.63, 3.8) is 0 Å². The largest absolute Gasteiger partial charge is 0.441 e. The number of aliphatic imine (C=N–C) groups is 1. The molecule has 0 radical (unpaired) electrons. The van der Waals surface area contributed by atoms with Crippen molar-refractivity contribution in [1.29, 1.82) is 10.7 Å². The highest BCUT2D eigenvalue weighted by Crippen LogP contribution is 2.30. The molecule has 0 fully saturated rings. The van der Waals surface area contributed by atoms with E-state index in [2.05, 4.69) is 23.1 Å². The summed E-state index contributed by atoms with van der Waals surface area (Å²) < 4.78 is 6.01. The highest BCUT2D eigenvalue weighted by Gasteiger charge is 2.14. The third-order valence-electron chi connectivity index (χ3n) is 4.19. The maximum Gasteiger partial charge on any atom is 0.195 e. The van der Waals surface area contributed by atoms with E-state index in [1.54, 1.807) is 31.3 Å². The molecule has 0 amide bonds. The van der Waals surface area contributed by atoms with Crippen molar-refractivity contribution in [3.8, 4) is 11.8 Å². The molecule has 2 aromatic carbocycles. The summed E-state index contributed by atoms with van der Waals surface area (Å²) in [5, 5.41) is 30.6. The second kappa shape index (κ2) is 12.3. The third kappa shape index (κ3) is 7.12. The van der Waals surface area contributed by atoms with Crippen LogP contribution in [0.1, 0.15) is 16.7 Å². The molecule has 160 valence electrons. The molecule has 2 rings (SSSR count). The molecule has 5 N–H and O–H groups in total. The lowest BCUT2D eigenvalue weighted by molar-refractivity contribution is 0.227. The van der Waals surface area contributed by atoms with Gasteiger partial charge < -0.3 is 26.3 Å². The third-order valence-corrected chi connectivity index (χ3v) is 5.35. The summed E-state index contributed by atoms with van der Waals surface area (Å²) in [6.07, 6.45) is 2.22. The number of nitrogens with zero attached hydrogens (tertiary/aromatic N) is 2. The van der Waals surface area contributed by atoms with Gasteiger partial charge in [-0.15, -0.1) is 11.8 Å². The molecule has 31 heavy (non-hydrogen) atoms. The van der Waals surface area contributed by atoms with Gasteiger partial charge in [0.2, 0.25) is 0 Å². The van der Waals surface area contributed by atoms with Crippen LogP contribution in [0.5, 0.6) is 5.75 Å². The van der Waals surface area contributed by atoms with Gasteiger partial charge in [0.05, 0.1) is 23.4 Å². The number of allylic oxidation sites excluding steroid dienone is 1. The summed E-state index contributed by atoms with van der Waals surface area (Å²) in [4.78, 5) is 4.31. The van der Waals surface area contributed by atoms with Crippen LogP contribution in [0.3, 0.4) is 0 Å². The number of thioether (sulfide) groups is 1. The van der Waals surface area contributed by atoms with Crippen LogP contribution in [0.25, 0.3) is 0 Å². The number of benzene rings is 2. The van der Waals surface area contributed by atoms with E-state index in [1.807, 2.05) is 30.3 Å². The molecule has 0 spiro atoms. The molecule has 7 nitrogen and oxygen atoms in total. The van der Waals surface area contributed by atoms with Crippen molar-refractivity contribution < 1.29 is 9.84 Å². The Morgan fingerprint density at radius 1 is 1.39 bits per heavy atom. The number of hydrogen-bond acceptors (Lipinski definition) is 8. The molecule has 1 atom stereocenters. The lowest BCUT2D eigenvalue weighted by Gasteiger charge is -2.16. The summed E-state index contributed by atoms with van der Waals surface area (Å²) in [7, 11) is 1.70. The van der Waals surface area contributed by atoms with Gasteiger partial charge in [-0.1, -0.05) is 36.4 Å². The van der Waals surface area contributed by atoms with Gasteiger partial charge in [-0.3, -0.25) is 4.99 Å². The number of ether oxygens (including phenoxy) is 1. The number of aliphatic hydroxyl groups excluding tert-OH is 1. The van der Waals surface area contributed by atoms with Crippen molar-refractivity contribution in [2.24, 2.45) is 10.7 Å². The second-order valence-electron chi connectivity index (χ2n) is 6.33. The van der Waals surface area contributed by atoms with Gasteiger partial charge in [0.15, 0.2) is 5.88 Å². The van der Waals surface area contributed by atoms with Crippen LogP contribution in [0.4, 0.5) is 0 Å². The summed E-state index contributed by atoms with van der Waals surface area (Å²) in [6.45, 7) is 3.50. The number of rotatable bonds is 11. The minimum Gasteiger partial charge on any atom is -0.441 e. The SMILES string of the molecule is C=N/C=C(\SCc1ccc(C#N)cc1O/C(=C/C(=N)c1ccccc1)NC)C(O)CN. The Hall–Kier alpha value is -3.38. The zero-order valence-electron chi connectivity index (χ0n) is 17.2. The average molecular weight is 436 g/mol. The van der Waals surface area contributed by atoms with Crippen molar-refractivity contribution in [2.75, 3.05) is 13.6 Å². The van der Waals surface area contributed by atoms with Gasteiger partial charge >= 0.3 is 0 Å². The quantitative estimate of drug-likeness (QED) is 0.317. The Bertz CT molecular complexity index is 1010. The predicted molar refractivity (Wildman–Crippen MR) is 126 cm³/mol. The summed E-state index contributed by atoms with van der Waals surface area (Å²) in [5.74, 6) is 1.29. The summed E-state index contributed by atoms with van der Waals surface area (Å²) in [5.41, 5.74) is 7.84. The lowest BCUT2D eigenvalue weighted by Crippen LogP contribution is -2.20. The van der Waals surface area contributed by atoms with Crippen LogP contribution in [0, 0.1) is 16.7 Å². The Labute approximate surface area is 186 Å². The van der Waals surface area contributed by atoms with Crippen LogP contribution in [-0.2, 0) is 5.75 Å². The number of aliphatic hydroxyl groups is 1. The molecule has 0 aromatic heterocycles. The highest BCUT2D eigenvalue weighted by molar-refractivity contribution is 8.02. The standard InChI is InChI=1S/C23H25N5O2S/c1-27-14-22(20(29)13-25)31-15-18-9-8-16(12-24)10-21(18)30-23(28-2)11-19(26)17-6-4-3-5-7-17/h3-11,14,20,26,28-29H,1,13,15,25H2,2H3/b22-14-,23-11+,26-19?. The van der Waals surface area contributed by atoms with E-state index >= 15 is 0 Å². The maximum absolute atomic E-state index is 10.1. The first-order valence-electron chi connectivity index (χ1n) is 9.43. The monoisotopic (exact) mass is 435 g/mol. The normalized spacial score (nSPS) is 12.6. The summed E-state index contributed by atoms with van der Waals surface area (Å²) >= 11 is 1.36. The fourth-order valence-corrected chi connectivity index (χ4v) is 3.53. The first-order chi connectivity index (χ1) is 15.0. The van der Waals surface area contributed by atoms with E-state index in [1.165, 1.54) is 18.0 Å². The van der Waals surface area contributed by atoms with E-state index < -0.39 is 6.10 Å². The molecule has 0 aliphatic heterocycles. The predicted octanol–water partition coefficient (Wildman–Crippen LogP) is 3.16. The first-order valence-corrected chi connectivity index (χ1v) is 10.4. The molecule has 2 aromatic rings. The van der Waals surface area contributed by atoms with Gasteiger partial charge in [0.1, 0.15) is 5.75 Å². The Morgan fingerprint density at radius 3 is 2.74 bits per heavy atom. The van der Waals surface area contributed by atoms with E-state index in [-0.39, 0.29) is 12.3 Å². The molecule has 0 bridgehead atoms. The zero-order valence-corrected chi connectivity index (χ0v) is 18.0. The fraction of sp³-hybridized carbons (Fsp3) is 0.174. The minimum atomic E-state index is -0.836. The van der Waals surface area contributed by atoms with Gasteiger partial charge in [-0.05, 0) is 24.4 Å². The minimum absolute atomic E-state index is 0.0688. The van der Waals surface area contributed by atoms with Crippen LogP contribution >= 0.6 is 11.8 Å². The van der Waals surface area contributed by atoms with Crippen molar-refractivity contribution in [2.45, 2.75) is 11.9 Å². The van der Waals surface area contributed by atoms with Crippen LogP contribution in [0.2, 0.25) is 0 Å². The Balaban J connectivity index is 2.28. The molecule has 1 unspecified atom stereocenters. The molecular formula is C23H25N5O2S. The molecule has 0 aliphatic rings. The number of hydrogen-bond donors (Lipinski definition) is 4. The van der Waals surface area contributed by atoms with E-state index in [4.69, 9.17) is 15.9 Å². The van der Waals surface area contributed by atoms with E-state index in [0.29, 0.717) is 27.9 Å². The molecule has 0 aliphatic carbocycles.